The predicted octanol–water partition coefficient (Wildman–Crippen LogP) is 4.09. The number of rotatable bonds is 2. The number of hydrogen-bond donors (Lipinski definition) is 2. The molecule has 2 atom stereocenters. The monoisotopic (exact) mass is 334 g/mol. The Morgan fingerprint density at radius 3 is 2.71 bits per heavy atom. The average Bonchev–Trinajstić information content (AvgIpc) is 3.20. The fourth-order valence-corrected chi connectivity index (χ4v) is 4.10. The maximum atomic E-state index is 9.63. The van der Waals surface area contributed by atoms with Crippen molar-refractivity contribution >= 4 is 17.2 Å². The summed E-state index contributed by atoms with van der Waals surface area (Å²) in [5, 5.41) is 25.0. The molecule has 0 saturated heterocycles. The number of aromatic amines is 1. The second-order valence-corrected chi connectivity index (χ2v) is 7.00. The Morgan fingerprint density at radius 1 is 1.25 bits per heavy atom. The van der Waals surface area contributed by atoms with Crippen molar-refractivity contribution in [2.24, 2.45) is 5.92 Å². The van der Waals surface area contributed by atoms with Gasteiger partial charge in [0.2, 0.25) is 11.8 Å². The summed E-state index contributed by atoms with van der Waals surface area (Å²) in [6.45, 7) is 2.04. The van der Waals surface area contributed by atoms with Crippen LogP contribution >= 0.6 is 11.3 Å². The van der Waals surface area contributed by atoms with Crippen molar-refractivity contribution in [3.8, 4) is 23.2 Å². The molecule has 118 valence electrons. The van der Waals surface area contributed by atoms with Crippen LogP contribution in [0.2, 0.25) is 0 Å². The molecule has 1 aliphatic heterocycles. The summed E-state index contributed by atoms with van der Waals surface area (Å²) < 4.78 is 5.52. The van der Waals surface area contributed by atoms with Crippen LogP contribution in [0.3, 0.4) is 0 Å². The van der Waals surface area contributed by atoms with E-state index in [-0.39, 0.29) is 11.8 Å². The number of aryl methyl sites for hydroxylation is 1. The first kappa shape index (κ1) is 14.7. The van der Waals surface area contributed by atoms with Crippen LogP contribution in [-0.2, 0) is 0 Å². The Morgan fingerprint density at radius 2 is 2.04 bits per heavy atom. The third-order valence-electron chi connectivity index (χ3n) is 4.17. The van der Waals surface area contributed by atoms with Gasteiger partial charge in [0.1, 0.15) is 5.92 Å². The highest BCUT2D eigenvalue weighted by atomic mass is 32.1. The van der Waals surface area contributed by atoms with Crippen LogP contribution in [0.1, 0.15) is 21.2 Å². The number of nitrogens with zero attached hydrogens (tertiary/aromatic N) is 2. The lowest BCUT2D eigenvalue weighted by Gasteiger charge is -2.27. The number of benzene rings is 1. The van der Waals surface area contributed by atoms with Gasteiger partial charge in [-0.15, -0.1) is 16.4 Å². The highest BCUT2D eigenvalue weighted by molar-refractivity contribution is 7.12. The van der Waals surface area contributed by atoms with Gasteiger partial charge in [0.05, 0.1) is 23.2 Å². The van der Waals surface area contributed by atoms with E-state index in [4.69, 9.17) is 10.1 Å². The Hall–Kier alpha value is -2.91. The van der Waals surface area contributed by atoms with Crippen LogP contribution in [0.5, 0.6) is 5.88 Å². The second kappa shape index (κ2) is 5.62. The molecule has 0 saturated carbocycles. The molecule has 2 unspecified atom stereocenters. The lowest BCUT2D eigenvalue weighted by Crippen LogP contribution is -2.30. The van der Waals surface area contributed by atoms with Gasteiger partial charge in [-0.1, -0.05) is 30.3 Å². The van der Waals surface area contributed by atoms with Gasteiger partial charge in [-0.25, -0.2) is 0 Å². The number of aromatic nitrogens is 2. The van der Waals surface area contributed by atoms with Crippen molar-refractivity contribution in [2.45, 2.75) is 12.8 Å². The van der Waals surface area contributed by atoms with E-state index >= 15 is 0 Å². The minimum absolute atomic E-state index is 0.0489. The van der Waals surface area contributed by atoms with Crippen LogP contribution in [-0.4, -0.2) is 16.1 Å². The van der Waals surface area contributed by atoms with Gasteiger partial charge in [0.25, 0.3) is 0 Å². The van der Waals surface area contributed by atoms with Crippen molar-refractivity contribution in [3.63, 3.8) is 0 Å². The van der Waals surface area contributed by atoms with Crippen LogP contribution in [0.15, 0.2) is 42.5 Å². The third-order valence-corrected chi connectivity index (χ3v) is 5.26. The Balaban J connectivity index is 1.94. The summed E-state index contributed by atoms with van der Waals surface area (Å²) in [6.07, 6.45) is 0. The van der Waals surface area contributed by atoms with E-state index in [2.05, 4.69) is 16.3 Å². The summed E-state index contributed by atoms with van der Waals surface area (Å²) in [4.78, 5) is 2.22. The maximum absolute atomic E-state index is 9.63. The van der Waals surface area contributed by atoms with Crippen molar-refractivity contribution < 1.29 is 4.74 Å². The number of nitrogens with one attached hydrogen (secondary N) is 2. The number of H-pyrrole nitrogens is 1. The van der Waals surface area contributed by atoms with E-state index in [1.807, 2.05) is 49.4 Å². The van der Waals surface area contributed by atoms with Crippen molar-refractivity contribution in [1.29, 1.82) is 10.7 Å². The summed E-state index contributed by atoms with van der Waals surface area (Å²) in [6, 6.07) is 16.2. The first-order valence-corrected chi connectivity index (χ1v) is 8.36. The summed E-state index contributed by atoms with van der Waals surface area (Å²) in [7, 11) is 0. The van der Waals surface area contributed by atoms with E-state index < -0.39 is 5.92 Å². The van der Waals surface area contributed by atoms with Gasteiger partial charge in [0, 0.05) is 9.75 Å². The fourth-order valence-electron chi connectivity index (χ4n) is 3.07. The van der Waals surface area contributed by atoms with E-state index in [1.165, 1.54) is 4.88 Å². The Labute approximate surface area is 143 Å². The highest BCUT2D eigenvalue weighted by Gasteiger charge is 2.41. The molecule has 0 radical (unpaired) electrons. The molecule has 1 aromatic carbocycles. The van der Waals surface area contributed by atoms with E-state index in [1.54, 1.807) is 11.3 Å². The topological polar surface area (TPSA) is 85.5 Å². The number of ether oxygens (including phenoxy) is 1. The molecule has 0 bridgehead atoms. The number of nitriles is 1. The van der Waals surface area contributed by atoms with E-state index in [9.17, 15) is 5.26 Å². The molecule has 4 rings (SSSR count). The van der Waals surface area contributed by atoms with Crippen molar-refractivity contribution in [2.75, 3.05) is 0 Å². The standard InChI is InChI=1S/C18H14N4OS/c1-10-7-8-13(24-10)14-12(9-19)17(20)23-18-15(14)16(21-22-18)11-5-3-2-4-6-11/h2-8,12,14,20H,1H3,(H,21,22). The van der Waals surface area contributed by atoms with Gasteiger partial charge in [0.15, 0.2) is 0 Å². The molecule has 0 aliphatic carbocycles. The average molecular weight is 334 g/mol. The molecule has 3 aromatic rings. The second-order valence-electron chi connectivity index (χ2n) is 5.68. The van der Waals surface area contributed by atoms with Crippen LogP contribution in [0, 0.1) is 29.6 Å². The van der Waals surface area contributed by atoms with Crippen molar-refractivity contribution in [3.05, 3.63) is 57.8 Å². The Bertz CT molecular complexity index is 951. The van der Waals surface area contributed by atoms with E-state index in [0.717, 1.165) is 21.7 Å². The third kappa shape index (κ3) is 2.22. The molecule has 0 spiro atoms. The molecule has 24 heavy (non-hydrogen) atoms. The zero-order valence-electron chi connectivity index (χ0n) is 12.9. The maximum Gasteiger partial charge on any atom is 0.244 e. The Kier molecular flexibility index (Phi) is 3.44. The van der Waals surface area contributed by atoms with Gasteiger partial charge < -0.3 is 4.74 Å². The zero-order chi connectivity index (χ0) is 16.7. The molecule has 6 heteroatoms. The fraction of sp³-hybridized carbons (Fsp3) is 0.167. The number of fused-ring (bicyclic) bond motifs is 1. The number of hydrogen-bond acceptors (Lipinski definition) is 5. The summed E-state index contributed by atoms with van der Waals surface area (Å²) >= 11 is 1.64. The molecular formula is C18H14N4OS. The quantitative estimate of drug-likeness (QED) is 0.740. The first-order chi connectivity index (χ1) is 11.7. The van der Waals surface area contributed by atoms with Gasteiger partial charge >= 0.3 is 0 Å². The minimum Gasteiger partial charge on any atom is -0.422 e. The van der Waals surface area contributed by atoms with Crippen LogP contribution in [0.4, 0.5) is 0 Å². The molecule has 1 aliphatic rings. The molecule has 5 nitrogen and oxygen atoms in total. The largest absolute Gasteiger partial charge is 0.422 e. The molecule has 3 heterocycles. The molecular weight excluding hydrogens is 320 g/mol. The predicted molar refractivity (Wildman–Crippen MR) is 92.4 cm³/mol. The zero-order valence-corrected chi connectivity index (χ0v) is 13.7. The first-order valence-electron chi connectivity index (χ1n) is 7.55. The van der Waals surface area contributed by atoms with Gasteiger partial charge in [-0.2, -0.15) is 5.26 Å². The molecule has 0 amide bonds. The van der Waals surface area contributed by atoms with Crippen LogP contribution < -0.4 is 4.74 Å². The van der Waals surface area contributed by atoms with Crippen LogP contribution in [0.25, 0.3) is 11.3 Å². The van der Waals surface area contributed by atoms with E-state index in [0.29, 0.717) is 5.88 Å². The normalized spacial score (nSPS) is 19.4. The molecule has 0 fully saturated rings. The number of thiophene rings is 1. The smallest absolute Gasteiger partial charge is 0.244 e. The highest BCUT2D eigenvalue weighted by Crippen LogP contribution is 2.47. The lowest BCUT2D eigenvalue weighted by molar-refractivity contribution is 0.439. The van der Waals surface area contributed by atoms with Gasteiger partial charge in [-0.05, 0) is 24.6 Å². The molecule has 2 aromatic heterocycles. The summed E-state index contributed by atoms with van der Waals surface area (Å²) in [5.41, 5.74) is 2.68. The van der Waals surface area contributed by atoms with Crippen molar-refractivity contribution in [1.82, 2.24) is 10.2 Å². The summed E-state index contributed by atoms with van der Waals surface area (Å²) in [5.74, 6) is -0.567. The molecule has 2 N–H and O–H groups in total. The van der Waals surface area contributed by atoms with Gasteiger partial charge in [-0.3, -0.25) is 10.5 Å². The lowest BCUT2D eigenvalue weighted by atomic mass is 9.82. The minimum atomic E-state index is -0.657. The SMILES string of the molecule is Cc1ccc(C2c3c(n[nH]c3-c3ccccc3)OC(=N)C2C#N)s1.